The molecule has 16 heavy (non-hydrogen) atoms. The molecule has 0 saturated heterocycles. The van der Waals surface area contributed by atoms with E-state index in [1.807, 2.05) is 6.07 Å². The fraction of sp³-hybridized carbons (Fsp3) is 0.667. The van der Waals surface area contributed by atoms with Gasteiger partial charge in [-0.2, -0.15) is 0 Å². The van der Waals surface area contributed by atoms with Crippen LogP contribution in [0.2, 0.25) is 0 Å². The van der Waals surface area contributed by atoms with Gasteiger partial charge in [-0.15, -0.1) is 0 Å². The lowest BCUT2D eigenvalue weighted by Crippen LogP contribution is -2.31. The minimum absolute atomic E-state index is 0.350. The SMILES string of the molecule is CCCNC(C)C(C)c1cc(OC)ncn1. The van der Waals surface area contributed by atoms with Crippen molar-refractivity contribution in [3.8, 4) is 5.88 Å². The maximum Gasteiger partial charge on any atom is 0.216 e. The summed E-state index contributed by atoms with van der Waals surface area (Å²) in [5.41, 5.74) is 1.02. The third-order valence-electron chi connectivity index (χ3n) is 2.81. The Labute approximate surface area is 97.5 Å². The average molecular weight is 223 g/mol. The van der Waals surface area contributed by atoms with Crippen LogP contribution in [0.4, 0.5) is 0 Å². The zero-order valence-electron chi connectivity index (χ0n) is 10.5. The largest absolute Gasteiger partial charge is 0.481 e. The van der Waals surface area contributed by atoms with Crippen LogP contribution in [0, 0.1) is 0 Å². The normalized spacial score (nSPS) is 14.5. The molecule has 0 aliphatic heterocycles. The van der Waals surface area contributed by atoms with Crippen molar-refractivity contribution in [2.45, 2.75) is 39.2 Å². The Bertz CT molecular complexity index is 317. The summed E-state index contributed by atoms with van der Waals surface area (Å²) in [6, 6.07) is 2.30. The minimum atomic E-state index is 0.350. The third-order valence-corrected chi connectivity index (χ3v) is 2.81. The summed E-state index contributed by atoms with van der Waals surface area (Å²) < 4.78 is 5.09. The van der Waals surface area contributed by atoms with Gasteiger partial charge in [-0.25, -0.2) is 9.97 Å². The smallest absolute Gasteiger partial charge is 0.216 e. The molecular weight excluding hydrogens is 202 g/mol. The van der Waals surface area contributed by atoms with E-state index < -0.39 is 0 Å². The van der Waals surface area contributed by atoms with Crippen molar-refractivity contribution in [2.75, 3.05) is 13.7 Å². The number of nitrogens with one attached hydrogen (secondary N) is 1. The predicted molar refractivity (Wildman–Crippen MR) is 64.8 cm³/mol. The van der Waals surface area contributed by atoms with E-state index in [9.17, 15) is 0 Å². The van der Waals surface area contributed by atoms with Gasteiger partial charge >= 0.3 is 0 Å². The van der Waals surface area contributed by atoms with Crippen LogP contribution in [0.25, 0.3) is 0 Å². The van der Waals surface area contributed by atoms with Crippen molar-refractivity contribution in [3.05, 3.63) is 18.1 Å². The van der Waals surface area contributed by atoms with Gasteiger partial charge in [0.1, 0.15) is 6.33 Å². The molecule has 4 heteroatoms. The van der Waals surface area contributed by atoms with Crippen LogP contribution in [-0.4, -0.2) is 29.7 Å². The van der Waals surface area contributed by atoms with E-state index in [1.54, 1.807) is 13.4 Å². The van der Waals surface area contributed by atoms with Gasteiger partial charge in [0, 0.05) is 18.0 Å². The molecule has 2 atom stereocenters. The maximum atomic E-state index is 5.09. The van der Waals surface area contributed by atoms with Crippen molar-refractivity contribution in [2.24, 2.45) is 0 Å². The molecule has 0 radical (unpaired) electrons. The topological polar surface area (TPSA) is 47.0 Å². The first kappa shape index (κ1) is 12.9. The summed E-state index contributed by atoms with van der Waals surface area (Å²) >= 11 is 0. The number of rotatable bonds is 6. The molecule has 0 fully saturated rings. The second kappa shape index (κ2) is 6.43. The van der Waals surface area contributed by atoms with Gasteiger partial charge in [-0.3, -0.25) is 0 Å². The average Bonchev–Trinajstić information content (AvgIpc) is 2.35. The van der Waals surface area contributed by atoms with Gasteiger partial charge in [0.25, 0.3) is 0 Å². The molecule has 1 aromatic rings. The Balaban J connectivity index is 2.67. The Morgan fingerprint density at radius 3 is 2.75 bits per heavy atom. The number of methoxy groups -OCH3 is 1. The zero-order valence-corrected chi connectivity index (χ0v) is 10.5. The number of hydrogen-bond acceptors (Lipinski definition) is 4. The van der Waals surface area contributed by atoms with Gasteiger partial charge in [0.2, 0.25) is 5.88 Å². The zero-order chi connectivity index (χ0) is 12.0. The van der Waals surface area contributed by atoms with E-state index in [0.29, 0.717) is 17.8 Å². The van der Waals surface area contributed by atoms with E-state index in [2.05, 4.69) is 36.1 Å². The van der Waals surface area contributed by atoms with Crippen LogP contribution in [-0.2, 0) is 0 Å². The highest BCUT2D eigenvalue weighted by atomic mass is 16.5. The molecule has 90 valence electrons. The second-order valence-electron chi connectivity index (χ2n) is 4.02. The van der Waals surface area contributed by atoms with Crippen molar-refractivity contribution in [3.63, 3.8) is 0 Å². The highest BCUT2D eigenvalue weighted by Crippen LogP contribution is 2.19. The van der Waals surface area contributed by atoms with Crippen LogP contribution in [0.3, 0.4) is 0 Å². The Morgan fingerprint density at radius 2 is 2.12 bits per heavy atom. The summed E-state index contributed by atoms with van der Waals surface area (Å²) in [5.74, 6) is 0.975. The molecule has 1 N–H and O–H groups in total. The van der Waals surface area contributed by atoms with E-state index in [4.69, 9.17) is 4.74 Å². The van der Waals surface area contributed by atoms with Gasteiger partial charge < -0.3 is 10.1 Å². The maximum absolute atomic E-state index is 5.09. The standard InChI is InChI=1S/C12H21N3O/c1-5-6-13-10(3)9(2)11-7-12(16-4)15-8-14-11/h7-10,13H,5-6H2,1-4H3. The van der Waals surface area contributed by atoms with E-state index in [1.165, 1.54) is 0 Å². The summed E-state index contributed by atoms with van der Waals surface area (Å²) in [6.07, 6.45) is 2.70. The molecule has 1 rings (SSSR count). The third kappa shape index (κ3) is 3.45. The molecule has 4 nitrogen and oxygen atoms in total. The van der Waals surface area contributed by atoms with Crippen molar-refractivity contribution < 1.29 is 4.74 Å². The first-order valence-electron chi connectivity index (χ1n) is 5.78. The van der Waals surface area contributed by atoms with Gasteiger partial charge in [-0.05, 0) is 19.9 Å². The number of aromatic nitrogens is 2. The van der Waals surface area contributed by atoms with E-state index in [-0.39, 0.29) is 0 Å². The molecular formula is C12H21N3O. The lowest BCUT2D eigenvalue weighted by Gasteiger charge is -2.20. The number of nitrogens with zero attached hydrogens (tertiary/aromatic N) is 2. The van der Waals surface area contributed by atoms with Crippen LogP contribution in [0.15, 0.2) is 12.4 Å². The number of hydrogen-bond donors (Lipinski definition) is 1. The highest BCUT2D eigenvalue weighted by molar-refractivity contribution is 5.17. The van der Waals surface area contributed by atoms with Gasteiger partial charge in [0.15, 0.2) is 0 Å². The molecule has 0 bridgehead atoms. The Morgan fingerprint density at radius 1 is 1.38 bits per heavy atom. The predicted octanol–water partition coefficient (Wildman–Crippen LogP) is 1.98. The van der Waals surface area contributed by atoms with Crippen LogP contribution < -0.4 is 10.1 Å². The first-order valence-corrected chi connectivity index (χ1v) is 5.78. The molecule has 0 aliphatic carbocycles. The molecule has 0 spiro atoms. The van der Waals surface area contributed by atoms with Crippen LogP contribution in [0.5, 0.6) is 5.88 Å². The quantitative estimate of drug-likeness (QED) is 0.801. The molecule has 2 unspecified atom stereocenters. The molecule has 0 aliphatic rings. The van der Waals surface area contributed by atoms with Crippen molar-refractivity contribution in [1.82, 2.24) is 15.3 Å². The molecule has 1 heterocycles. The van der Waals surface area contributed by atoms with Crippen molar-refractivity contribution >= 4 is 0 Å². The second-order valence-corrected chi connectivity index (χ2v) is 4.02. The van der Waals surface area contributed by atoms with Gasteiger partial charge in [-0.1, -0.05) is 13.8 Å². The summed E-state index contributed by atoms with van der Waals surface area (Å²) in [7, 11) is 1.62. The summed E-state index contributed by atoms with van der Waals surface area (Å²) in [6.45, 7) is 7.54. The fourth-order valence-electron chi connectivity index (χ4n) is 1.52. The van der Waals surface area contributed by atoms with Crippen LogP contribution in [0.1, 0.15) is 38.8 Å². The lowest BCUT2D eigenvalue weighted by molar-refractivity contribution is 0.393. The Kier molecular flexibility index (Phi) is 5.19. The summed E-state index contributed by atoms with van der Waals surface area (Å²) in [4.78, 5) is 8.29. The monoisotopic (exact) mass is 223 g/mol. The molecule has 1 aromatic heterocycles. The number of ether oxygens (including phenoxy) is 1. The highest BCUT2D eigenvalue weighted by Gasteiger charge is 2.15. The minimum Gasteiger partial charge on any atom is -0.481 e. The van der Waals surface area contributed by atoms with Crippen LogP contribution >= 0.6 is 0 Å². The van der Waals surface area contributed by atoms with Crippen molar-refractivity contribution in [1.29, 1.82) is 0 Å². The fourth-order valence-corrected chi connectivity index (χ4v) is 1.52. The Hall–Kier alpha value is -1.16. The lowest BCUT2D eigenvalue weighted by atomic mass is 9.99. The molecule has 0 saturated carbocycles. The van der Waals surface area contributed by atoms with E-state index >= 15 is 0 Å². The molecule has 0 amide bonds. The summed E-state index contributed by atoms with van der Waals surface area (Å²) in [5, 5.41) is 3.47. The van der Waals surface area contributed by atoms with Gasteiger partial charge in [0.05, 0.1) is 12.8 Å². The first-order chi connectivity index (χ1) is 7.69. The van der Waals surface area contributed by atoms with E-state index in [0.717, 1.165) is 18.7 Å². The molecule has 0 aromatic carbocycles.